The highest BCUT2D eigenvalue weighted by Crippen LogP contribution is 2.39. The van der Waals surface area contributed by atoms with Gasteiger partial charge in [-0.15, -0.1) is 0 Å². The number of aromatic nitrogens is 2. The standard InChI is InChI=1S/C15H10ClF7N3OP/c1-13(17,28)6-2-7(14(18,19)20)4-8(3-6)25-11(27)9-5-24-12(16)26-10(9)15(21,22)23/h2-5H,28H2,1H3,(H,25,27). The van der Waals surface area contributed by atoms with E-state index in [1.807, 2.05) is 5.32 Å². The van der Waals surface area contributed by atoms with Crippen LogP contribution in [0.15, 0.2) is 24.4 Å². The number of hydrogen-bond acceptors (Lipinski definition) is 3. The quantitative estimate of drug-likeness (QED) is 0.387. The summed E-state index contributed by atoms with van der Waals surface area (Å²) in [6.07, 6.45) is -9.47. The van der Waals surface area contributed by atoms with Gasteiger partial charge in [0.25, 0.3) is 5.91 Å². The summed E-state index contributed by atoms with van der Waals surface area (Å²) in [6.45, 7) is 0.952. The Balaban J connectivity index is 2.50. The van der Waals surface area contributed by atoms with E-state index in [1.54, 1.807) is 9.24 Å². The summed E-state index contributed by atoms with van der Waals surface area (Å²) in [7, 11) is 1.68. The predicted molar refractivity (Wildman–Crippen MR) is 89.6 cm³/mol. The maximum Gasteiger partial charge on any atom is 0.434 e. The van der Waals surface area contributed by atoms with E-state index in [4.69, 9.17) is 11.6 Å². The van der Waals surface area contributed by atoms with E-state index in [1.165, 1.54) is 0 Å². The average Bonchev–Trinajstić information content (AvgIpc) is 2.51. The minimum Gasteiger partial charge on any atom is -0.322 e. The summed E-state index contributed by atoms with van der Waals surface area (Å²) in [6, 6.07) is 1.85. The second-order valence-electron chi connectivity index (χ2n) is 5.73. The van der Waals surface area contributed by atoms with Crippen LogP contribution in [0.5, 0.6) is 0 Å². The fourth-order valence-corrected chi connectivity index (χ4v) is 2.39. The number of nitrogens with zero attached hydrogens (tertiary/aromatic N) is 2. The average molecular weight is 448 g/mol. The van der Waals surface area contributed by atoms with Crippen LogP contribution in [0.2, 0.25) is 5.28 Å². The van der Waals surface area contributed by atoms with Crippen LogP contribution in [-0.4, -0.2) is 15.9 Å². The van der Waals surface area contributed by atoms with Crippen LogP contribution < -0.4 is 5.32 Å². The van der Waals surface area contributed by atoms with Crippen molar-refractivity contribution in [3.8, 4) is 0 Å². The minimum absolute atomic E-state index is 0.460. The molecule has 28 heavy (non-hydrogen) atoms. The molecule has 0 fully saturated rings. The Bertz CT molecular complexity index is 878. The summed E-state index contributed by atoms with van der Waals surface area (Å²) in [4.78, 5) is 18.4. The highest BCUT2D eigenvalue weighted by molar-refractivity contribution is 7.18. The van der Waals surface area contributed by atoms with E-state index < -0.39 is 57.0 Å². The fraction of sp³-hybridized carbons (Fsp3) is 0.267. The first kappa shape index (κ1) is 22.3. The molecular weight excluding hydrogens is 438 g/mol. The Morgan fingerprint density at radius 3 is 2.11 bits per heavy atom. The second-order valence-corrected chi connectivity index (χ2v) is 7.15. The van der Waals surface area contributed by atoms with Crippen molar-refractivity contribution in [3.05, 3.63) is 52.1 Å². The van der Waals surface area contributed by atoms with Gasteiger partial charge in [-0.25, -0.2) is 14.4 Å². The first-order valence-electron chi connectivity index (χ1n) is 7.20. The van der Waals surface area contributed by atoms with E-state index in [0.717, 1.165) is 13.0 Å². The van der Waals surface area contributed by atoms with Crippen molar-refractivity contribution in [3.63, 3.8) is 0 Å². The second kappa shape index (κ2) is 7.44. The Kier molecular flexibility index (Phi) is 5.92. The van der Waals surface area contributed by atoms with Gasteiger partial charge >= 0.3 is 12.4 Å². The zero-order valence-corrected chi connectivity index (χ0v) is 15.6. The van der Waals surface area contributed by atoms with Crippen LogP contribution in [-0.2, 0) is 17.8 Å². The number of anilines is 1. The molecule has 2 atom stereocenters. The molecule has 1 aromatic carbocycles. The van der Waals surface area contributed by atoms with Gasteiger partial charge in [0.15, 0.2) is 5.69 Å². The van der Waals surface area contributed by atoms with Crippen molar-refractivity contribution in [2.24, 2.45) is 0 Å². The lowest BCUT2D eigenvalue weighted by atomic mass is 10.0. The van der Waals surface area contributed by atoms with E-state index in [9.17, 15) is 35.5 Å². The van der Waals surface area contributed by atoms with Crippen molar-refractivity contribution in [2.45, 2.75) is 24.7 Å². The molecular formula is C15H10ClF7N3OP. The van der Waals surface area contributed by atoms with Gasteiger partial charge in [0.2, 0.25) is 5.28 Å². The first-order valence-corrected chi connectivity index (χ1v) is 8.16. The highest BCUT2D eigenvalue weighted by atomic mass is 35.5. The Labute approximate surface area is 160 Å². The Morgan fingerprint density at radius 1 is 1.04 bits per heavy atom. The number of hydrogen-bond donors (Lipinski definition) is 1. The first-order chi connectivity index (χ1) is 12.6. The van der Waals surface area contributed by atoms with E-state index >= 15 is 0 Å². The maximum atomic E-state index is 14.1. The summed E-state index contributed by atoms with van der Waals surface area (Å²) < 4.78 is 92.3. The SMILES string of the molecule is CC(F)(P)c1cc(NC(=O)c2cnc(Cl)nc2C(F)(F)F)cc(C(F)(F)F)c1. The van der Waals surface area contributed by atoms with Crippen LogP contribution in [0.25, 0.3) is 0 Å². The van der Waals surface area contributed by atoms with Crippen LogP contribution in [0.1, 0.15) is 34.1 Å². The van der Waals surface area contributed by atoms with Gasteiger partial charge in [-0.3, -0.25) is 4.79 Å². The van der Waals surface area contributed by atoms with Crippen molar-refractivity contribution in [1.82, 2.24) is 9.97 Å². The molecule has 1 amide bonds. The molecule has 0 aliphatic rings. The topological polar surface area (TPSA) is 54.9 Å². The summed E-state index contributed by atoms with van der Waals surface area (Å²) in [5, 5.41) is -1.19. The molecule has 2 aromatic rings. The molecule has 2 unspecified atom stereocenters. The van der Waals surface area contributed by atoms with Gasteiger partial charge in [0, 0.05) is 11.9 Å². The van der Waals surface area contributed by atoms with E-state index in [-0.39, 0.29) is 0 Å². The van der Waals surface area contributed by atoms with Crippen molar-refractivity contribution >= 4 is 32.4 Å². The van der Waals surface area contributed by atoms with Crippen molar-refractivity contribution in [2.75, 3.05) is 5.32 Å². The van der Waals surface area contributed by atoms with Gasteiger partial charge < -0.3 is 5.32 Å². The normalized spacial score (nSPS) is 14.5. The van der Waals surface area contributed by atoms with Gasteiger partial charge in [-0.05, 0) is 42.3 Å². The van der Waals surface area contributed by atoms with Crippen LogP contribution >= 0.6 is 20.8 Å². The third-order valence-electron chi connectivity index (χ3n) is 3.36. The highest BCUT2D eigenvalue weighted by Gasteiger charge is 2.38. The number of benzene rings is 1. The molecule has 0 saturated heterocycles. The molecule has 0 aliphatic carbocycles. The zero-order valence-electron chi connectivity index (χ0n) is 13.7. The molecule has 152 valence electrons. The summed E-state index contributed by atoms with van der Waals surface area (Å²) in [5.41, 5.74) is -5.06. The number of halogens is 8. The lowest BCUT2D eigenvalue weighted by molar-refractivity contribution is -0.141. The molecule has 0 bridgehead atoms. The van der Waals surface area contributed by atoms with Gasteiger partial charge in [0.1, 0.15) is 5.41 Å². The van der Waals surface area contributed by atoms with Gasteiger partial charge in [-0.1, -0.05) is 9.24 Å². The molecule has 1 heterocycles. The van der Waals surface area contributed by atoms with Crippen LogP contribution in [0.4, 0.5) is 36.4 Å². The third-order valence-corrected chi connectivity index (χ3v) is 3.87. The third kappa shape index (κ3) is 5.29. The fourth-order valence-electron chi connectivity index (χ4n) is 2.09. The molecule has 1 aromatic heterocycles. The van der Waals surface area contributed by atoms with Gasteiger partial charge in [0.05, 0.1) is 11.1 Å². The van der Waals surface area contributed by atoms with Crippen molar-refractivity contribution in [1.29, 1.82) is 0 Å². The number of amides is 1. The summed E-state index contributed by atoms with van der Waals surface area (Å²) in [5.74, 6) is -1.45. The Hall–Kier alpha value is -2.00. The molecule has 0 aliphatic heterocycles. The van der Waals surface area contributed by atoms with Crippen LogP contribution in [0.3, 0.4) is 0 Å². The van der Waals surface area contributed by atoms with E-state index in [0.29, 0.717) is 18.3 Å². The lowest BCUT2D eigenvalue weighted by Gasteiger charge is -2.19. The number of carbonyl (C=O) groups excluding carboxylic acids is 1. The molecule has 4 nitrogen and oxygen atoms in total. The minimum atomic E-state index is -5.07. The van der Waals surface area contributed by atoms with Crippen LogP contribution in [0, 0.1) is 0 Å². The molecule has 13 heteroatoms. The molecule has 0 saturated carbocycles. The maximum absolute atomic E-state index is 14.1. The number of rotatable bonds is 3. The number of alkyl halides is 7. The molecule has 1 N–H and O–H groups in total. The predicted octanol–water partition coefficient (Wildman–Crippen LogP) is 5.44. The smallest absolute Gasteiger partial charge is 0.322 e. The Morgan fingerprint density at radius 2 is 1.61 bits per heavy atom. The van der Waals surface area contributed by atoms with Gasteiger partial charge in [-0.2, -0.15) is 26.3 Å². The van der Waals surface area contributed by atoms with Crippen molar-refractivity contribution < 1.29 is 35.5 Å². The number of carbonyl (C=O) groups is 1. The monoisotopic (exact) mass is 447 g/mol. The zero-order chi connectivity index (χ0) is 21.5. The lowest BCUT2D eigenvalue weighted by Crippen LogP contribution is -2.21. The molecule has 0 radical (unpaired) electrons. The number of nitrogens with one attached hydrogen (secondary N) is 1. The molecule has 2 rings (SSSR count). The van der Waals surface area contributed by atoms with E-state index in [2.05, 4.69) is 9.97 Å². The largest absolute Gasteiger partial charge is 0.434 e. The molecule has 0 spiro atoms. The summed E-state index contributed by atoms with van der Waals surface area (Å²) >= 11 is 5.31.